The van der Waals surface area contributed by atoms with Crippen LogP contribution in [-0.2, 0) is 0 Å². The van der Waals surface area contributed by atoms with Crippen molar-refractivity contribution >= 4 is 5.69 Å². The number of anilines is 1. The molecule has 0 spiro atoms. The first-order chi connectivity index (χ1) is 10.0. The Kier molecular flexibility index (Phi) is 4.62. The van der Waals surface area contributed by atoms with Crippen LogP contribution in [0.1, 0.15) is 18.5 Å². The van der Waals surface area contributed by atoms with Crippen molar-refractivity contribution in [1.82, 2.24) is 0 Å². The third-order valence-electron chi connectivity index (χ3n) is 3.22. The summed E-state index contributed by atoms with van der Waals surface area (Å²) in [6.45, 7) is 1.85. The summed E-state index contributed by atoms with van der Waals surface area (Å²) < 4.78 is 37.2. The number of nitrogens with one attached hydrogen (secondary N) is 1. The number of ether oxygens (including phenoxy) is 2. The molecule has 0 bridgehead atoms. The smallest absolute Gasteiger partial charge is 0.165 e. The number of hydrogen-bond acceptors (Lipinski definition) is 3. The van der Waals surface area contributed by atoms with E-state index in [0.717, 1.165) is 5.56 Å². The Hall–Kier alpha value is -2.30. The van der Waals surface area contributed by atoms with Gasteiger partial charge in [-0.05, 0) is 36.8 Å². The van der Waals surface area contributed by atoms with Crippen molar-refractivity contribution in [2.45, 2.75) is 13.0 Å². The highest BCUT2D eigenvalue weighted by Crippen LogP contribution is 2.28. The van der Waals surface area contributed by atoms with Crippen LogP contribution in [-0.4, -0.2) is 14.2 Å². The van der Waals surface area contributed by atoms with Gasteiger partial charge in [-0.2, -0.15) is 0 Å². The van der Waals surface area contributed by atoms with Crippen molar-refractivity contribution in [2.75, 3.05) is 19.5 Å². The van der Waals surface area contributed by atoms with Gasteiger partial charge in [0.25, 0.3) is 0 Å². The van der Waals surface area contributed by atoms with E-state index in [-0.39, 0.29) is 17.6 Å². The van der Waals surface area contributed by atoms with E-state index in [4.69, 9.17) is 9.47 Å². The molecule has 0 aliphatic heterocycles. The number of rotatable bonds is 5. The second kappa shape index (κ2) is 6.43. The lowest BCUT2D eigenvalue weighted by atomic mass is 10.1. The molecule has 0 heterocycles. The van der Waals surface area contributed by atoms with Gasteiger partial charge in [0.1, 0.15) is 11.6 Å². The Balaban J connectivity index is 2.23. The zero-order chi connectivity index (χ0) is 15.4. The Bertz CT molecular complexity index is 632. The van der Waals surface area contributed by atoms with E-state index in [1.54, 1.807) is 24.3 Å². The molecule has 0 aromatic heterocycles. The van der Waals surface area contributed by atoms with Gasteiger partial charge < -0.3 is 14.8 Å². The first-order valence-electron chi connectivity index (χ1n) is 6.48. The van der Waals surface area contributed by atoms with Crippen molar-refractivity contribution in [1.29, 1.82) is 0 Å². The number of methoxy groups -OCH3 is 2. The van der Waals surface area contributed by atoms with Crippen LogP contribution in [0.5, 0.6) is 11.5 Å². The molecule has 2 aromatic rings. The Labute approximate surface area is 122 Å². The molecular weight excluding hydrogens is 276 g/mol. The highest BCUT2D eigenvalue weighted by atomic mass is 19.1. The molecule has 2 aromatic carbocycles. The van der Waals surface area contributed by atoms with Gasteiger partial charge in [0.15, 0.2) is 11.6 Å². The molecule has 5 heteroatoms. The maximum absolute atomic E-state index is 13.8. The normalized spacial score (nSPS) is 11.9. The average molecular weight is 293 g/mol. The molecule has 2 rings (SSSR count). The molecule has 1 N–H and O–H groups in total. The summed E-state index contributed by atoms with van der Waals surface area (Å²) >= 11 is 0. The van der Waals surface area contributed by atoms with Gasteiger partial charge in [-0.25, -0.2) is 8.78 Å². The van der Waals surface area contributed by atoms with E-state index >= 15 is 0 Å². The molecular formula is C16H17F2NO2. The van der Waals surface area contributed by atoms with Crippen molar-refractivity contribution in [3.05, 3.63) is 53.6 Å². The standard InChI is InChI=1S/C16H17F2NO2/c1-10(11-4-6-14(18)16(8-11)21-3)19-15-9-12(20-2)5-7-13(15)17/h4-10,19H,1-3H3. The van der Waals surface area contributed by atoms with Crippen LogP contribution >= 0.6 is 0 Å². The average Bonchev–Trinajstić information content (AvgIpc) is 2.49. The maximum atomic E-state index is 13.8. The molecule has 21 heavy (non-hydrogen) atoms. The van der Waals surface area contributed by atoms with Gasteiger partial charge >= 0.3 is 0 Å². The third-order valence-corrected chi connectivity index (χ3v) is 3.22. The minimum atomic E-state index is -0.430. The highest BCUT2D eigenvalue weighted by Gasteiger charge is 2.12. The molecule has 0 radical (unpaired) electrons. The van der Waals surface area contributed by atoms with E-state index in [0.29, 0.717) is 11.4 Å². The predicted molar refractivity (Wildman–Crippen MR) is 77.9 cm³/mol. The van der Waals surface area contributed by atoms with Crippen molar-refractivity contribution in [2.24, 2.45) is 0 Å². The van der Waals surface area contributed by atoms with E-state index in [2.05, 4.69) is 5.32 Å². The van der Waals surface area contributed by atoms with Gasteiger partial charge in [0.05, 0.1) is 19.9 Å². The molecule has 3 nitrogen and oxygen atoms in total. The monoisotopic (exact) mass is 293 g/mol. The number of halogens is 2. The van der Waals surface area contributed by atoms with Gasteiger partial charge in [0, 0.05) is 12.1 Å². The zero-order valence-corrected chi connectivity index (χ0v) is 12.1. The minimum Gasteiger partial charge on any atom is -0.497 e. The Morgan fingerprint density at radius 1 is 0.952 bits per heavy atom. The summed E-state index contributed by atoms with van der Waals surface area (Å²) in [4.78, 5) is 0. The lowest BCUT2D eigenvalue weighted by Gasteiger charge is -2.17. The third kappa shape index (κ3) is 3.42. The summed E-state index contributed by atoms with van der Waals surface area (Å²) in [6.07, 6.45) is 0. The van der Waals surface area contributed by atoms with Gasteiger partial charge in [-0.3, -0.25) is 0 Å². The number of benzene rings is 2. The molecule has 0 saturated heterocycles. The van der Waals surface area contributed by atoms with Crippen LogP contribution in [0.4, 0.5) is 14.5 Å². The largest absolute Gasteiger partial charge is 0.497 e. The second-order valence-electron chi connectivity index (χ2n) is 4.61. The summed E-state index contributed by atoms with van der Waals surface area (Å²) in [6, 6.07) is 8.78. The second-order valence-corrected chi connectivity index (χ2v) is 4.61. The lowest BCUT2D eigenvalue weighted by Crippen LogP contribution is -2.08. The summed E-state index contributed by atoms with van der Waals surface area (Å²) in [5, 5.41) is 3.04. The van der Waals surface area contributed by atoms with Crippen LogP contribution < -0.4 is 14.8 Å². The fourth-order valence-corrected chi connectivity index (χ4v) is 2.00. The predicted octanol–water partition coefficient (Wildman–Crippen LogP) is 4.16. The fraction of sp³-hybridized carbons (Fsp3) is 0.250. The summed E-state index contributed by atoms with van der Waals surface area (Å²) in [7, 11) is 2.92. The van der Waals surface area contributed by atoms with Crippen LogP contribution in [0.25, 0.3) is 0 Å². The summed E-state index contributed by atoms with van der Waals surface area (Å²) in [5.74, 6) is -0.0900. The van der Waals surface area contributed by atoms with E-state index in [9.17, 15) is 8.78 Å². The first-order valence-corrected chi connectivity index (χ1v) is 6.48. The van der Waals surface area contributed by atoms with Crippen molar-refractivity contribution in [3.8, 4) is 11.5 Å². The zero-order valence-electron chi connectivity index (χ0n) is 12.1. The van der Waals surface area contributed by atoms with Crippen molar-refractivity contribution < 1.29 is 18.3 Å². The Morgan fingerprint density at radius 3 is 2.33 bits per heavy atom. The molecule has 0 fully saturated rings. The first kappa shape index (κ1) is 15.1. The molecule has 1 unspecified atom stereocenters. The van der Waals surface area contributed by atoms with E-state index in [1.807, 2.05) is 6.92 Å². The number of hydrogen-bond donors (Lipinski definition) is 1. The van der Waals surface area contributed by atoms with Gasteiger partial charge in [-0.1, -0.05) is 6.07 Å². The van der Waals surface area contributed by atoms with Gasteiger partial charge in [0.2, 0.25) is 0 Å². The topological polar surface area (TPSA) is 30.5 Å². The fourth-order valence-electron chi connectivity index (χ4n) is 2.00. The maximum Gasteiger partial charge on any atom is 0.165 e. The Morgan fingerprint density at radius 2 is 1.67 bits per heavy atom. The summed E-state index contributed by atoms with van der Waals surface area (Å²) in [5.41, 5.74) is 1.11. The molecule has 0 aliphatic rings. The molecule has 0 saturated carbocycles. The van der Waals surface area contributed by atoms with Crippen LogP contribution in [0.3, 0.4) is 0 Å². The highest BCUT2D eigenvalue weighted by molar-refractivity contribution is 5.51. The van der Waals surface area contributed by atoms with Crippen molar-refractivity contribution in [3.63, 3.8) is 0 Å². The molecule has 112 valence electrons. The lowest BCUT2D eigenvalue weighted by molar-refractivity contribution is 0.385. The van der Waals surface area contributed by atoms with Crippen LogP contribution in [0.15, 0.2) is 36.4 Å². The molecule has 0 amide bonds. The van der Waals surface area contributed by atoms with Gasteiger partial charge in [-0.15, -0.1) is 0 Å². The minimum absolute atomic E-state index is 0.160. The SMILES string of the molecule is COc1ccc(F)c(NC(C)c2ccc(F)c(OC)c2)c1. The van der Waals surface area contributed by atoms with Crippen LogP contribution in [0.2, 0.25) is 0 Å². The molecule has 0 aliphatic carbocycles. The quantitative estimate of drug-likeness (QED) is 0.898. The van der Waals surface area contributed by atoms with E-state index in [1.165, 1.54) is 26.4 Å². The molecule has 1 atom stereocenters. The van der Waals surface area contributed by atoms with E-state index < -0.39 is 5.82 Å². The van der Waals surface area contributed by atoms with Crippen LogP contribution in [0, 0.1) is 11.6 Å².